The lowest BCUT2D eigenvalue weighted by atomic mass is 10.1. The average Bonchev–Trinajstić information content (AvgIpc) is 2.64. The summed E-state index contributed by atoms with van der Waals surface area (Å²) < 4.78 is 17.1. The standard InChI is InChI=1S/C11H20O4/c1-5-7-8(12)9-10(13-7)15-11(4,14-9)6(2)3/h6-10,12H,5H2,1-4H3/t7-,8+,9-,10-,11?/m1/s1. The van der Waals surface area contributed by atoms with Crippen molar-refractivity contribution in [3.8, 4) is 0 Å². The highest BCUT2D eigenvalue weighted by atomic mass is 16.8. The number of ether oxygens (including phenoxy) is 3. The first-order valence-corrected chi connectivity index (χ1v) is 5.67. The Balaban J connectivity index is 2.08. The smallest absolute Gasteiger partial charge is 0.190 e. The van der Waals surface area contributed by atoms with Crippen LogP contribution in [0.1, 0.15) is 34.1 Å². The second-order valence-corrected chi connectivity index (χ2v) is 4.81. The summed E-state index contributed by atoms with van der Waals surface area (Å²) in [6.45, 7) is 7.94. The minimum Gasteiger partial charge on any atom is -0.387 e. The lowest BCUT2D eigenvalue weighted by Crippen LogP contribution is -2.38. The van der Waals surface area contributed by atoms with E-state index < -0.39 is 18.2 Å². The molecule has 0 amide bonds. The molecule has 4 heteroatoms. The van der Waals surface area contributed by atoms with Crippen molar-refractivity contribution < 1.29 is 19.3 Å². The maximum absolute atomic E-state index is 9.94. The van der Waals surface area contributed by atoms with Crippen LogP contribution in [-0.2, 0) is 14.2 Å². The van der Waals surface area contributed by atoms with Gasteiger partial charge in [0, 0.05) is 5.92 Å². The van der Waals surface area contributed by atoms with E-state index in [0.717, 1.165) is 6.42 Å². The molecule has 1 unspecified atom stereocenters. The Morgan fingerprint density at radius 1 is 1.33 bits per heavy atom. The van der Waals surface area contributed by atoms with Gasteiger partial charge in [0.25, 0.3) is 0 Å². The summed E-state index contributed by atoms with van der Waals surface area (Å²) in [6, 6.07) is 0. The monoisotopic (exact) mass is 216 g/mol. The highest BCUT2D eigenvalue weighted by Crippen LogP contribution is 2.41. The van der Waals surface area contributed by atoms with E-state index in [-0.39, 0.29) is 18.1 Å². The topological polar surface area (TPSA) is 47.9 Å². The first-order valence-electron chi connectivity index (χ1n) is 5.67. The molecule has 88 valence electrons. The van der Waals surface area contributed by atoms with E-state index in [1.54, 1.807) is 0 Å². The fourth-order valence-corrected chi connectivity index (χ4v) is 2.06. The van der Waals surface area contributed by atoms with Crippen molar-refractivity contribution in [3.05, 3.63) is 0 Å². The zero-order valence-electron chi connectivity index (χ0n) is 9.77. The van der Waals surface area contributed by atoms with E-state index in [0.29, 0.717) is 0 Å². The second kappa shape index (κ2) is 3.70. The van der Waals surface area contributed by atoms with E-state index in [9.17, 15) is 5.11 Å². The molecule has 2 fully saturated rings. The van der Waals surface area contributed by atoms with Crippen LogP contribution in [0.3, 0.4) is 0 Å². The van der Waals surface area contributed by atoms with Crippen LogP contribution in [0.15, 0.2) is 0 Å². The summed E-state index contributed by atoms with van der Waals surface area (Å²) in [5.41, 5.74) is 0. The largest absolute Gasteiger partial charge is 0.387 e. The van der Waals surface area contributed by atoms with Gasteiger partial charge in [-0.05, 0) is 13.3 Å². The van der Waals surface area contributed by atoms with Crippen molar-refractivity contribution in [2.45, 2.75) is 64.5 Å². The Kier molecular flexibility index (Phi) is 2.79. The lowest BCUT2D eigenvalue weighted by molar-refractivity contribution is -0.243. The van der Waals surface area contributed by atoms with Crippen molar-refractivity contribution in [1.82, 2.24) is 0 Å². The molecule has 0 aliphatic carbocycles. The van der Waals surface area contributed by atoms with Gasteiger partial charge in [0.2, 0.25) is 0 Å². The van der Waals surface area contributed by atoms with Crippen LogP contribution in [0.4, 0.5) is 0 Å². The van der Waals surface area contributed by atoms with Gasteiger partial charge in [0.15, 0.2) is 12.1 Å². The first kappa shape index (κ1) is 11.3. The van der Waals surface area contributed by atoms with E-state index >= 15 is 0 Å². The van der Waals surface area contributed by atoms with Gasteiger partial charge in [0.05, 0.1) is 6.10 Å². The van der Waals surface area contributed by atoms with Crippen LogP contribution in [0.5, 0.6) is 0 Å². The van der Waals surface area contributed by atoms with Gasteiger partial charge in [0.1, 0.15) is 12.2 Å². The summed E-state index contributed by atoms with van der Waals surface area (Å²) in [4.78, 5) is 0. The molecule has 2 heterocycles. The fraction of sp³-hybridized carbons (Fsp3) is 1.00. The molecule has 0 aromatic heterocycles. The van der Waals surface area contributed by atoms with Crippen molar-refractivity contribution in [1.29, 1.82) is 0 Å². The summed E-state index contributed by atoms with van der Waals surface area (Å²) >= 11 is 0. The Labute approximate surface area is 90.5 Å². The molecule has 0 bridgehead atoms. The number of fused-ring (bicyclic) bond motifs is 1. The highest BCUT2D eigenvalue weighted by molar-refractivity contribution is 4.93. The molecule has 1 N–H and O–H groups in total. The molecule has 5 atom stereocenters. The molecule has 2 aliphatic rings. The third-order valence-corrected chi connectivity index (χ3v) is 3.47. The molecule has 4 nitrogen and oxygen atoms in total. The molecule has 2 aliphatic heterocycles. The minimum atomic E-state index is -0.630. The van der Waals surface area contributed by atoms with Crippen LogP contribution < -0.4 is 0 Å². The lowest BCUT2D eigenvalue weighted by Gasteiger charge is -2.29. The summed E-state index contributed by atoms with van der Waals surface area (Å²) in [7, 11) is 0. The molecule has 0 spiro atoms. The van der Waals surface area contributed by atoms with E-state index in [4.69, 9.17) is 14.2 Å². The normalized spacial score (nSPS) is 50.0. The minimum absolute atomic E-state index is 0.156. The zero-order chi connectivity index (χ0) is 11.2. The second-order valence-electron chi connectivity index (χ2n) is 4.81. The van der Waals surface area contributed by atoms with E-state index in [2.05, 4.69) is 0 Å². The molecule has 2 rings (SSSR count). The quantitative estimate of drug-likeness (QED) is 0.755. The van der Waals surface area contributed by atoms with Crippen LogP contribution in [0, 0.1) is 5.92 Å². The predicted octanol–water partition coefficient (Wildman–Crippen LogP) is 1.27. The van der Waals surface area contributed by atoms with Gasteiger partial charge in [-0.25, -0.2) is 0 Å². The number of hydrogen-bond donors (Lipinski definition) is 1. The summed E-state index contributed by atoms with van der Waals surface area (Å²) in [5, 5.41) is 9.94. The fourth-order valence-electron chi connectivity index (χ4n) is 2.06. The Bertz CT molecular complexity index is 243. The van der Waals surface area contributed by atoms with E-state index in [1.807, 2.05) is 27.7 Å². The number of aliphatic hydroxyl groups is 1. The van der Waals surface area contributed by atoms with Gasteiger partial charge < -0.3 is 19.3 Å². The highest BCUT2D eigenvalue weighted by Gasteiger charge is 2.56. The van der Waals surface area contributed by atoms with Crippen LogP contribution in [-0.4, -0.2) is 35.5 Å². The molecule has 0 aromatic rings. The third kappa shape index (κ3) is 1.69. The van der Waals surface area contributed by atoms with Crippen LogP contribution in [0.2, 0.25) is 0 Å². The number of rotatable bonds is 2. The van der Waals surface area contributed by atoms with Crippen LogP contribution in [0.25, 0.3) is 0 Å². The SMILES string of the molecule is CC[C@H]1O[C@@H]2OC(C)(C(C)C)O[C@@H]2[C@H]1O. The maximum Gasteiger partial charge on any atom is 0.190 e. The first-order chi connectivity index (χ1) is 6.98. The Morgan fingerprint density at radius 2 is 2.00 bits per heavy atom. The van der Waals surface area contributed by atoms with Crippen LogP contribution >= 0.6 is 0 Å². The molecule has 0 radical (unpaired) electrons. The van der Waals surface area contributed by atoms with Gasteiger partial charge >= 0.3 is 0 Å². The number of aliphatic hydroxyl groups excluding tert-OH is 1. The molecule has 2 saturated heterocycles. The van der Waals surface area contributed by atoms with Gasteiger partial charge in [-0.3, -0.25) is 0 Å². The van der Waals surface area contributed by atoms with Crippen molar-refractivity contribution >= 4 is 0 Å². The van der Waals surface area contributed by atoms with Gasteiger partial charge in [-0.2, -0.15) is 0 Å². The molecule has 15 heavy (non-hydrogen) atoms. The average molecular weight is 216 g/mol. The van der Waals surface area contributed by atoms with Gasteiger partial charge in [-0.1, -0.05) is 20.8 Å². The predicted molar refractivity (Wildman–Crippen MR) is 54.2 cm³/mol. The maximum atomic E-state index is 9.94. The van der Waals surface area contributed by atoms with Crippen molar-refractivity contribution in [2.75, 3.05) is 0 Å². The van der Waals surface area contributed by atoms with Crippen molar-refractivity contribution in [2.24, 2.45) is 5.92 Å². The third-order valence-electron chi connectivity index (χ3n) is 3.47. The van der Waals surface area contributed by atoms with E-state index in [1.165, 1.54) is 0 Å². The van der Waals surface area contributed by atoms with Gasteiger partial charge in [-0.15, -0.1) is 0 Å². The molecular weight excluding hydrogens is 196 g/mol. The summed E-state index contributed by atoms with van der Waals surface area (Å²) in [6.07, 6.45) is -0.684. The Morgan fingerprint density at radius 3 is 2.47 bits per heavy atom. The molecular formula is C11H20O4. The molecule has 0 aromatic carbocycles. The Hall–Kier alpha value is -0.160. The molecule has 0 saturated carbocycles. The zero-order valence-corrected chi connectivity index (χ0v) is 9.77. The summed E-state index contributed by atoms with van der Waals surface area (Å²) in [5.74, 6) is -0.395. The number of hydrogen-bond acceptors (Lipinski definition) is 4. The van der Waals surface area contributed by atoms with Crippen molar-refractivity contribution in [3.63, 3.8) is 0 Å².